The molecule has 0 radical (unpaired) electrons. The molecule has 1 saturated carbocycles. The van der Waals surface area contributed by atoms with Crippen LogP contribution in [0.5, 0.6) is 0 Å². The van der Waals surface area contributed by atoms with Gasteiger partial charge < -0.3 is 5.32 Å². The van der Waals surface area contributed by atoms with E-state index in [2.05, 4.69) is 12.2 Å². The molecule has 0 saturated heterocycles. The number of rotatable bonds is 2. The average Bonchev–Trinajstić information content (AvgIpc) is 2.29. The number of carbonyl (C=O) groups excluding carboxylic acids is 1. The summed E-state index contributed by atoms with van der Waals surface area (Å²) in [5, 5.41) is 3.03. The molecule has 0 unspecified atom stereocenters. The molecule has 2 rings (SSSR count). The summed E-state index contributed by atoms with van der Waals surface area (Å²) in [7, 11) is 0. The fraction of sp³-hybridized carbons (Fsp3) is 0.533. The predicted molar refractivity (Wildman–Crippen MR) is 70.9 cm³/mol. The lowest BCUT2D eigenvalue weighted by Crippen LogP contribution is -2.26. The van der Waals surface area contributed by atoms with E-state index in [0.29, 0.717) is 0 Å². The summed E-state index contributed by atoms with van der Waals surface area (Å²) in [5.74, 6) is 1.20. The molecule has 0 heterocycles. The van der Waals surface area contributed by atoms with Crippen molar-refractivity contribution in [1.29, 1.82) is 0 Å². The molecule has 2 nitrogen and oxygen atoms in total. The van der Waals surface area contributed by atoms with Crippen molar-refractivity contribution in [1.82, 2.24) is 0 Å². The largest absolute Gasteiger partial charge is 0.326 e. The van der Waals surface area contributed by atoms with Crippen LogP contribution in [-0.4, -0.2) is 5.91 Å². The lowest BCUT2D eigenvalue weighted by Gasteiger charge is -2.25. The van der Waals surface area contributed by atoms with Crippen LogP contribution in [0.25, 0.3) is 0 Å². The van der Waals surface area contributed by atoms with Crippen LogP contribution in [0.15, 0.2) is 24.3 Å². The highest BCUT2D eigenvalue weighted by Gasteiger charge is 2.24. The number of benzene rings is 1. The minimum absolute atomic E-state index is 0.197. The molecule has 1 fully saturated rings. The first-order valence-electron chi connectivity index (χ1n) is 6.52. The van der Waals surface area contributed by atoms with Crippen LogP contribution < -0.4 is 5.32 Å². The molecular weight excluding hydrogens is 210 g/mol. The van der Waals surface area contributed by atoms with E-state index in [1.165, 1.54) is 18.4 Å². The molecule has 0 atom stereocenters. The fourth-order valence-corrected chi connectivity index (χ4v) is 2.49. The van der Waals surface area contributed by atoms with Gasteiger partial charge in [-0.2, -0.15) is 0 Å². The molecule has 1 aromatic rings. The second kappa shape index (κ2) is 5.35. The second-order valence-corrected chi connectivity index (χ2v) is 5.32. The molecule has 1 aliphatic rings. The summed E-state index contributed by atoms with van der Waals surface area (Å²) in [6.45, 7) is 4.31. The highest BCUT2D eigenvalue weighted by Crippen LogP contribution is 2.29. The van der Waals surface area contributed by atoms with Crippen molar-refractivity contribution < 1.29 is 4.79 Å². The summed E-state index contributed by atoms with van der Waals surface area (Å²) in [6, 6.07) is 7.99. The van der Waals surface area contributed by atoms with Crippen LogP contribution in [0.4, 0.5) is 5.69 Å². The Kier molecular flexibility index (Phi) is 3.82. The Morgan fingerprint density at radius 1 is 1.24 bits per heavy atom. The van der Waals surface area contributed by atoms with E-state index in [1.54, 1.807) is 0 Å². The maximum Gasteiger partial charge on any atom is 0.227 e. The van der Waals surface area contributed by atoms with E-state index >= 15 is 0 Å². The van der Waals surface area contributed by atoms with Crippen LogP contribution in [0, 0.1) is 18.8 Å². The van der Waals surface area contributed by atoms with Crippen molar-refractivity contribution in [3.63, 3.8) is 0 Å². The van der Waals surface area contributed by atoms with Gasteiger partial charge in [-0.3, -0.25) is 4.79 Å². The summed E-state index contributed by atoms with van der Waals surface area (Å²) in [5.41, 5.74) is 2.11. The van der Waals surface area contributed by atoms with E-state index in [0.717, 1.165) is 24.4 Å². The van der Waals surface area contributed by atoms with Crippen LogP contribution in [-0.2, 0) is 4.79 Å². The third kappa shape index (κ3) is 3.32. The fourth-order valence-electron chi connectivity index (χ4n) is 2.49. The van der Waals surface area contributed by atoms with Gasteiger partial charge >= 0.3 is 0 Å². The van der Waals surface area contributed by atoms with Gasteiger partial charge in [-0.15, -0.1) is 0 Å². The zero-order valence-corrected chi connectivity index (χ0v) is 10.7. The highest BCUT2D eigenvalue weighted by atomic mass is 16.1. The SMILES string of the molecule is Cc1cccc(NC(=O)C2CCC(C)CC2)c1. The predicted octanol–water partition coefficient (Wildman–Crippen LogP) is 3.76. The lowest BCUT2D eigenvalue weighted by molar-refractivity contribution is -0.121. The summed E-state index contributed by atoms with van der Waals surface area (Å²) >= 11 is 0. The van der Waals surface area contributed by atoms with Crippen molar-refractivity contribution in [3.8, 4) is 0 Å². The van der Waals surface area contributed by atoms with Crippen molar-refractivity contribution in [2.75, 3.05) is 5.32 Å². The van der Waals surface area contributed by atoms with Gasteiger partial charge in [0.1, 0.15) is 0 Å². The molecule has 0 aliphatic heterocycles. The Morgan fingerprint density at radius 2 is 1.94 bits per heavy atom. The van der Waals surface area contributed by atoms with Gasteiger partial charge in [0, 0.05) is 11.6 Å². The van der Waals surface area contributed by atoms with Gasteiger partial charge in [0.15, 0.2) is 0 Å². The molecule has 1 aromatic carbocycles. The van der Waals surface area contributed by atoms with E-state index < -0.39 is 0 Å². The van der Waals surface area contributed by atoms with Gasteiger partial charge in [-0.05, 0) is 56.2 Å². The zero-order chi connectivity index (χ0) is 12.3. The molecule has 92 valence electrons. The molecule has 17 heavy (non-hydrogen) atoms. The van der Waals surface area contributed by atoms with Gasteiger partial charge in [-0.1, -0.05) is 19.1 Å². The molecule has 0 aromatic heterocycles. The summed E-state index contributed by atoms with van der Waals surface area (Å²) < 4.78 is 0. The van der Waals surface area contributed by atoms with Crippen molar-refractivity contribution >= 4 is 11.6 Å². The smallest absolute Gasteiger partial charge is 0.227 e. The van der Waals surface area contributed by atoms with Crippen LogP contribution in [0.1, 0.15) is 38.2 Å². The number of hydrogen-bond donors (Lipinski definition) is 1. The van der Waals surface area contributed by atoms with Gasteiger partial charge in [0.25, 0.3) is 0 Å². The molecule has 2 heteroatoms. The Labute approximate surface area is 103 Å². The van der Waals surface area contributed by atoms with Gasteiger partial charge in [-0.25, -0.2) is 0 Å². The molecule has 1 amide bonds. The molecule has 1 aliphatic carbocycles. The quantitative estimate of drug-likeness (QED) is 0.825. The summed E-state index contributed by atoms with van der Waals surface area (Å²) in [6.07, 6.45) is 4.45. The third-order valence-corrected chi connectivity index (χ3v) is 3.67. The van der Waals surface area contributed by atoms with Crippen LogP contribution >= 0.6 is 0 Å². The Hall–Kier alpha value is -1.31. The zero-order valence-electron chi connectivity index (χ0n) is 10.7. The summed E-state index contributed by atoms with van der Waals surface area (Å²) in [4.78, 5) is 12.1. The maximum atomic E-state index is 12.1. The Morgan fingerprint density at radius 3 is 2.59 bits per heavy atom. The number of anilines is 1. The first-order chi connectivity index (χ1) is 8.15. The number of nitrogens with one attached hydrogen (secondary N) is 1. The minimum atomic E-state index is 0.197. The van der Waals surface area contributed by atoms with Crippen molar-refractivity contribution in [3.05, 3.63) is 29.8 Å². The normalized spacial score (nSPS) is 24.4. The monoisotopic (exact) mass is 231 g/mol. The Bertz CT molecular complexity index is 392. The lowest BCUT2D eigenvalue weighted by atomic mass is 9.82. The van der Waals surface area contributed by atoms with Gasteiger partial charge in [0.05, 0.1) is 0 Å². The van der Waals surface area contributed by atoms with Crippen molar-refractivity contribution in [2.45, 2.75) is 39.5 Å². The van der Waals surface area contributed by atoms with E-state index in [9.17, 15) is 4.79 Å². The molecule has 0 spiro atoms. The Balaban J connectivity index is 1.93. The average molecular weight is 231 g/mol. The van der Waals surface area contributed by atoms with Crippen molar-refractivity contribution in [2.24, 2.45) is 11.8 Å². The standard InChI is InChI=1S/C15H21NO/c1-11-6-8-13(9-7-11)15(17)16-14-5-3-4-12(2)10-14/h3-5,10-11,13H,6-9H2,1-2H3,(H,16,17). The topological polar surface area (TPSA) is 29.1 Å². The third-order valence-electron chi connectivity index (χ3n) is 3.67. The molecule has 1 N–H and O–H groups in total. The van der Waals surface area contributed by atoms with Crippen LogP contribution in [0.3, 0.4) is 0 Å². The number of amides is 1. The minimum Gasteiger partial charge on any atom is -0.326 e. The maximum absolute atomic E-state index is 12.1. The van der Waals surface area contributed by atoms with E-state index in [-0.39, 0.29) is 11.8 Å². The molecular formula is C15H21NO. The van der Waals surface area contributed by atoms with E-state index in [4.69, 9.17) is 0 Å². The number of carbonyl (C=O) groups is 1. The molecule has 0 bridgehead atoms. The first-order valence-corrected chi connectivity index (χ1v) is 6.52. The highest BCUT2D eigenvalue weighted by molar-refractivity contribution is 5.92. The number of aryl methyl sites for hydroxylation is 1. The number of hydrogen-bond acceptors (Lipinski definition) is 1. The van der Waals surface area contributed by atoms with E-state index in [1.807, 2.05) is 31.2 Å². The first kappa shape index (κ1) is 12.2. The van der Waals surface area contributed by atoms with Crippen LogP contribution in [0.2, 0.25) is 0 Å². The second-order valence-electron chi connectivity index (χ2n) is 5.32. The van der Waals surface area contributed by atoms with Gasteiger partial charge in [0.2, 0.25) is 5.91 Å².